The van der Waals surface area contributed by atoms with Gasteiger partial charge in [-0.05, 0) is 17.7 Å². The highest BCUT2D eigenvalue weighted by molar-refractivity contribution is 5.31. The third-order valence-electron chi connectivity index (χ3n) is 2.40. The Morgan fingerprint density at radius 1 is 1.22 bits per heavy atom. The van der Waals surface area contributed by atoms with Crippen LogP contribution in [0.2, 0.25) is 0 Å². The van der Waals surface area contributed by atoms with Gasteiger partial charge >= 0.3 is 6.18 Å². The van der Waals surface area contributed by atoms with Crippen LogP contribution in [0.4, 0.5) is 13.2 Å². The van der Waals surface area contributed by atoms with Gasteiger partial charge in [-0.2, -0.15) is 18.4 Å². The van der Waals surface area contributed by atoms with Gasteiger partial charge in [0.2, 0.25) is 5.82 Å². The Kier molecular flexibility index (Phi) is 3.06. The van der Waals surface area contributed by atoms with Crippen LogP contribution in [-0.2, 0) is 12.7 Å². The van der Waals surface area contributed by atoms with Crippen LogP contribution in [0.5, 0.6) is 0 Å². The Balaban J connectivity index is 2.24. The van der Waals surface area contributed by atoms with Crippen LogP contribution in [-0.4, -0.2) is 9.55 Å². The van der Waals surface area contributed by atoms with Crippen LogP contribution in [0.3, 0.4) is 0 Å². The van der Waals surface area contributed by atoms with Crippen LogP contribution < -0.4 is 0 Å². The molecule has 0 fully saturated rings. The first-order valence-corrected chi connectivity index (χ1v) is 5.08. The summed E-state index contributed by atoms with van der Waals surface area (Å²) in [6.45, 7) is 0.0700. The third-order valence-corrected chi connectivity index (χ3v) is 2.40. The van der Waals surface area contributed by atoms with Gasteiger partial charge in [-0.15, -0.1) is 0 Å². The molecule has 0 amide bonds. The molecule has 0 aliphatic carbocycles. The molecule has 0 aliphatic rings. The number of aromatic nitrogens is 2. The van der Waals surface area contributed by atoms with Crippen molar-refractivity contribution in [3.05, 3.63) is 53.6 Å². The quantitative estimate of drug-likeness (QED) is 0.823. The van der Waals surface area contributed by atoms with Crippen LogP contribution in [0.15, 0.2) is 36.7 Å². The fourth-order valence-corrected chi connectivity index (χ4v) is 1.57. The minimum absolute atomic E-state index is 0.0700. The van der Waals surface area contributed by atoms with Gasteiger partial charge in [0.25, 0.3) is 0 Å². The molecular formula is C12H8F3N3. The standard InChI is InChI=1S/C12H8F3N3/c13-12(14,15)11-17-5-6-18(11)8-10-3-1-9(7-16)2-4-10/h1-6H,8H2. The molecule has 1 aromatic carbocycles. The summed E-state index contributed by atoms with van der Waals surface area (Å²) in [5.41, 5.74) is 1.15. The lowest BCUT2D eigenvalue weighted by Crippen LogP contribution is -2.15. The molecule has 1 heterocycles. The van der Waals surface area contributed by atoms with Crippen molar-refractivity contribution < 1.29 is 13.2 Å². The van der Waals surface area contributed by atoms with Gasteiger partial charge in [0.05, 0.1) is 11.6 Å². The summed E-state index contributed by atoms with van der Waals surface area (Å²) < 4.78 is 38.8. The first-order valence-electron chi connectivity index (χ1n) is 5.08. The molecule has 0 bridgehead atoms. The summed E-state index contributed by atoms with van der Waals surface area (Å²) in [7, 11) is 0. The molecule has 0 spiro atoms. The third kappa shape index (κ3) is 2.51. The lowest BCUT2D eigenvalue weighted by molar-refractivity contribution is -0.147. The second-order valence-corrected chi connectivity index (χ2v) is 3.69. The lowest BCUT2D eigenvalue weighted by Gasteiger charge is -2.10. The maximum atomic E-state index is 12.6. The highest BCUT2D eigenvalue weighted by Crippen LogP contribution is 2.28. The molecule has 0 atom stereocenters. The van der Waals surface area contributed by atoms with Crippen molar-refractivity contribution in [1.82, 2.24) is 9.55 Å². The summed E-state index contributed by atoms with van der Waals surface area (Å²) in [4.78, 5) is 3.30. The maximum absolute atomic E-state index is 12.6. The number of hydrogen-bond acceptors (Lipinski definition) is 2. The number of nitriles is 1. The average Bonchev–Trinajstić information content (AvgIpc) is 2.78. The topological polar surface area (TPSA) is 41.6 Å². The molecule has 0 N–H and O–H groups in total. The van der Waals surface area contributed by atoms with E-state index in [1.54, 1.807) is 24.3 Å². The average molecular weight is 251 g/mol. The number of benzene rings is 1. The van der Waals surface area contributed by atoms with Gasteiger partial charge < -0.3 is 4.57 Å². The number of alkyl halides is 3. The van der Waals surface area contributed by atoms with Crippen molar-refractivity contribution in [2.24, 2.45) is 0 Å². The minimum atomic E-state index is -4.46. The van der Waals surface area contributed by atoms with E-state index >= 15 is 0 Å². The predicted molar refractivity (Wildman–Crippen MR) is 57.5 cm³/mol. The molecule has 0 aliphatic heterocycles. The van der Waals surface area contributed by atoms with E-state index in [4.69, 9.17) is 5.26 Å². The van der Waals surface area contributed by atoms with Gasteiger partial charge in [-0.25, -0.2) is 4.98 Å². The Labute approximate surface area is 101 Å². The summed E-state index contributed by atoms with van der Waals surface area (Å²) >= 11 is 0. The zero-order valence-electron chi connectivity index (χ0n) is 9.15. The van der Waals surface area contributed by atoms with E-state index in [1.807, 2.05) is 6.07 Å². The van der Waals surface area contributed by atoms with Crippen LogP contribution in [0, 0.1) is 11.3 Å². The highest BCUT2D eigenvalue weighted by Gasteiger charge is 2.35. The molecule has 18 heavy (non-hydrogen) atoms. The lowest BCUT2D eigenvalue weighted by atomic mass is 10.1. The molecule has 0 saturated heterocycles. The molecule has 0 unspecified atom stereocenters. The molecule has 92 valence electrons. The van der Waals surface area contributed by atoms with E-state index in [9.17, 15) is 13.2 Å². The highest BCUT2D eigenvalue weighted by atomic mass is 19.4. The van der Waals surface area contributed by atoms with Gasteiger partial charge in [0, 0.05) is 18.9 Å². The van der Waals surface area contributed by atoms with E-state index in [1.165, 1.54) is 6.20 Å². The summed E-state index contributed by atoms with van der Waals surface area (Å²) in [6.07, 6.45) is -2.07. The van der Waals surface area contributed by atoms with Gasteiger partial charge in [-0.1, -0.05) is 12.1 Å². The van der Waals surface area contributed by atoms with Crippen molar-refractivity contribution in [3.8, 4) is 6.07 Å². The maximum Gasteiger partial charge on any atom is 0.449 e. The summed E-state index contributed by atoms with van der Waals surface area (Å²) in [5, 5.41) is 8.62. The zero-order chi connectivity index (χ0) is 13.2. The van der Waals surface area contributed by atoms with Gasteiger partial charge in [0.15, 0.2) is 0 Å². The van der Waals surface area contributed by atoms with Crippen molar-refractivity contribution in [2.75, 3.05) is 0 Å². The van der Waals surface area contributed by atoms with Crippen molar-refractivity contribution in [1.29, 1.82) is 5.26 Å². The number of nitrogens with zero attached hydrogens (tertiary/aromatic N) is 3. The molecule has 6 heteroatoms. The Hall–Kier alpha value is -2.29. The molecule has 2 rings (SSSR count). The fraction of sp³-hybridized carbons (Fsp3) is 0.167. The van der Waals surface area contributed by atoms with E-state index in [0.717, 1.165) is 10.8 Å². The molecule has 0 saturated carbocycles. The van der Waals surface area contributed by atoms with Gasteiger partial charge in [0.1, 0.15) is 0 Å². The monoisotopic (exact) mass is 251 g/mol. The minimum Gasteiger partial charge on any atom is -0.323 e. The normalized spacial score (nSPS) is 11.2. The fourth-order valence-electron chi connectivity index (χ4n) is 1.57. The van der Waals surface area contributed by atoms with E-state index in [0.29, 0.717) is 11.1 Å². The van der Waals surface area contributed by atoms with E-state index in [2.05, 4.69) is 4.98 Å². The molecular weight excluding hydrogens is 243 g/mol. The smallest absolute Gasteiger partial charge is 0.323 e. The number of imidazole rings is 1. The summed E-state index contributed by atoms with van der Waals surface area (Å²) in [5.74, 6) is -0.924. The molecule has 0 radical (unpaired) electrons. The Morgan fingerprint density at radius 3 is 2.44 bits per heavy atom. The second kappa shape index (κ2) is 4.53. The number of hydrogen-bond donors (Lipinski definition) is 0. The first-order chi connectivity index (χ1) is 8.50. The Bertz CT molecular complexity index is 576. The summed E-state index contributed by atoms with van der Waals surface area (Å²) in [6, 6.07) is 8.33. The number of rotatable bonds is 2. The molecule has 3 nitrogen and oxygen atoms in total. The first kappa shape index (κ1) is 12.2. The van der Waals surface area contributed by atoms with Crippen LogP contribution >= 0.6 is 0 Å². The van der Waals surface area contributed by atoms with Crippen LogP contribution in [0.25, 0.3) is 0 Å². The van der Waals surface area contributed by atoms with Crippen molar-refractivity contribution in [3.63, 3.8) is 0 Å². The van der Waals surface area contributed by atoms with Crippen molar-refractivity contribution in [2.45, 2.75) is 12.7 Å². The van der Waals surface area contributed by atoms with Crippen molar-refractivity contribution >= 4 is 0 Å². The largest absolute Gasteiger partial charge is 0.449 e. The van der Waals surface area contributed by atoms with E-state index in [-0.39, 0.29) is 6.54 Å². The predicted octanol–water partition coefficient (Wildman–Crippen LogP) is 2.82. The second-order valence-electron chi connectivity index (χ2n) is 3.69. The zero-order valence-corrected chi connectivity index (χ0v) is 9.15. The van der Waals surface area contributed by atoms with Crippen LogP contribution in [0.1, 0.15) is 17.0 Å². The molecule has 2 aromatic rings. The Morgan fingerprint density at radius 2 is 1.89 bits per heavy atom. The van der Waals surface area contributed by atoms with E-state index < -0.39 is 12.0 Å². The SMILES string of the molecule is N#Cc1ccc(Cn2ccnc2C(F)(F)F)cc1. The molecule has 1 aromatic heterocycles. The van der Waals surface area contributed by atoms with Gasteiger partial charge in [-0.3, -0.25) is 0 Å². The number of halogens is 3.